The van der Waals surface area contributed by atoms with Crippen molar-refractivity contribution in [2.45, 2.75) is 13.5 Å². The minimum absolute atomic E-state index is 0.779. The Kier molecular flexibility index (Phi) is 3.08. The second-order valence-electron chi connectivity index (χ2n) is 3.33. The number of nitrogens with one attached hydrogen (secondary N) is 1. The molecule has 2 rings (SSSR count). The highest BCUT2D eigenvalue weighted by molar-refractivity contribution is 7.13. The summed E-state index contributed by atoms with van der Waals surface area (Å²) < 4.78 is 0. The fourth-order valence-electron chi connectivity index (χ4n) is 1.42. The third-order valence-electron chi connectivity index (χ3n) is 2.01. The lowest BCUT2D eigenvalue weighted by Gasteiger charge is -2.03. The molecule has 0 bridgehead atoms. The minimum atomic E-state index is 0.779. The van der Waals surface area contributed by atoms with Crippen molar-refractivity contribution in [1.29, 1.82) is 0 Å². The van der Waals surface area contributed by atoms with E-state index in [1.165, 1.54) is 0 Å². The summed E-state index contributed by atoms with van der Waals surface area (Å²) in [6.45, 7) is 2.78. The van der Waals surface area contributed by atoms with Crippen molar-refractivity contribution in [2.75, 3.05) is 7.05 Å². The maximum Gasteiger partial charge on any atom is 0.169 e. The first kappa shape index (κ1) is 10.3. The first-order valence-corrected chi connectivity index (χ1v) is 5.70. The lowest BCUT2D eigenvalue weighted by Crippen LogP contribution is -2.08. The van der Waals surface area contributed by atoms with Crippen LogP contribution in [0.15, 0.2) is 23.6 Å². The number of thiophene rings is 1. The monoisotopic (exact) mass is 219 g/mol. The first-order chi connectivity index (χ1) is 7.29. The van der Waals surface area contributed by atoms with Crippen LogP contribution in [0.25, 0.3) is 10.7 Å². The molecule has 3 nitrogen and oxygen atoms in total. The molecule has 2 aromatic heterocycles. The van der Waals surface area contributed by atoms with E-state index >= 15 is 0 Å². The SMILES string of the molecule is CNCc1cc(C)nc(-c2cccs2)n1. The zero-order valence-corrected chi connectivity index (χ0v) is 9.64. The highest BCUT2D eigenvalue weighted by Crippen LogP contribution is 2.21. The van der Waals surface area contributed by atoms with E-state index in [1.54, 1.807) is 11.3 Å². The van der Waals surface area contributed by atoms with E-state index in [4.69, 9.17) is 0 Å². The van der Waals surface area contributed by atoms with Gasteiger partial charge in [-0.1, -0.05) is 6.07 Å². The normalized spacial score (nSPS) is 10.5. The molecular formula is C11H13N3S. The van der Waals surface area contributed by atoms with Crippen LogP contribution in [-0.4, -0.2) is 17.0 Å². The number of aryl methyl sites for hydroxylation is 1. The Morgan fingerprint density at radius 1 is 1.40 bits per heavy atom. The van der Waals surface area contributed by atoms with Crippen LogP contribution in [-0.2, 0) is 6.54 Å². The zero-order chi connectivity index (χ0) is 10.7. The topological polar surface area (TPSA) is 37.8 Å². The Morgan fingerprint density at radius 2 is 2.27 bits per heavy atom. The Bertz CT molecular complexity index is 437. The minimum Gasteiger partial charge on any atom is -0.314 e. The van der Waals surface area contributed by atoms with E-state index < -0.39 is 0 Å². The molecule has 0 aliphatic heterocycles. The summed E-state index contributed by atoms with van der Waals surface area (Å²) >= 11 is 1.67. The zero-order valence-electron chi connectivity index (χ0n) is 8.82. The van der Waals surface area contributed by atoms with Gasteiger partial charge in [0.2, 0.25) is 0 Å². The largest absolute Gasteiger partial charge is 0.314 e. The van der Waals surface area contributed by atoms with Crippen LogP contribution in [0.3, 0.4) is 0 Å². The summed E-state index contributed by atoms with van der Waals surface area (Å²) in [6, 6.07) is 6.07. The van der Waals surface area contributed by atoms with Crippen molar-refractivity contribution >= 4 is 11.3 Å². The second kappa shape index (κ2) is 4.51. The number of aromatic nitrogens is 2. The summed E-state index contributed by atoms with van der Waals surface area (Å²) in [4.78, 5) is 10.1. The molecule has 0 fully saturated rings. The van der Waals surface area contributed by atoms with E-state index in [0.717, 1.165) is 28.6 Å². The van der Waals surface area contributed by atoms with Crippen LogP contribution in [0.5, 0.6) is 0 Å². The lowest BCUT2D eigenvalue weighted by atomic mass is 10.3. The molecule has 0 amide bonds. The molecule has 0 saturated carbocycles. The first-order valence-electron chi connectivity index (χ1n) is 4.82. The second-order valence-corrected chi connectivity index (χ2v) is 4.28. The van der Waals surface area contributed by atoms with Gasteiger partial charge in [-0.25, -0.2) is 9.97 Å². The van der Waals surface area contributed by atoms with Crippen LogP contribution in [0.4, 0.5) is 0 Å². The summed E-state index contributed by atoms with van der Waals surface area (Å²) in [5, 5.41) is 5.14. The fourth-order valence-corrected chi connectivity index (χ4v) is 2.08. The van der Waals surface area contributed by atoms with Crippen LogP contribution < -0.4 is 5.32 Å². The molecule has 0 atom stereocenters. The van der Waals surface area contributed by atoms with Gasteiger partial charge in [-0.15, -0.1) is 11.3 Å². The van der Waals surface area contributed by atoms with E-state index in [9.17, 15) is 0 Å². The van der Waals surface area contributed by atoms with Gasteiger partial charge < -0.3 is 5.32 Å². The Hall–Kier alpha value is -1.26. The molecular weight excluding hydrogens is 206 g/mol. The van der Waals surface area contributed by atoms with Crippen molar-refractivity contribution in [2.24, 2.45) is 0 Å². The quantitative estimate of drug-likeness (QED) is 0.860. The molecule has 4 heteroatoms. The third-order valence-corrected chi connectivity index (χ3v) is 2.87. The molecule has 0 aliphatic rings. The van der Waals surface area contributed by atoms with Gasteiger partial charge in [0.15, 0.2) is 5.82 Å². The van der Waals surface area contributed by atoms with Crippen molar-refractivity contribution in [3.05, 3.63) is 35.0 Å². The lowest BCUT2D eigenvalue weighted by molar-refractivity contribution is 0.785. The van der Waals surface area contributed by atoms with Gasteiger partial charge in [0.05, 0.1) is 10.6 Å². The Morgan fingerprint density at radius 3 is 2.93 bits per heavy atom. The number of nitrogens with zero attached hydrogens (tertiary/aromatic N) is 2. The average Bonchev–Trinajstić information content (AvgIpc) is 2.70. The molecule has 0 unspecified atom stereocenters. The van der Waals surface area contributed by atoms with Gasteiger partial charge in [0.1, 0.15) is 0 Å². The van der Waals surface area contributed by atoms with E-state index in [1.807, 2.05) is 37.6 Å². The van der Waals surface area contributed by atoms with Crippen molar-refractivity contribution < 1.29 is 0 Å². The number of rotatable bonds is 3. The summed E-state index contributed by atoms with van der Waals surface area (Å²) in [7, 11) is 1.92. The van der Waals surface area contributed by atoms with Gasteiger partial charge in [0, 0.05) is 12.2 Å². The number of hydrogen-bond donors (Lipinski definition) is 1. The van der Waals surface area contributed by atoms with E-state index in [2.05, 4.69) is 15.3 Å². The molecule has 0 aliphatic carbocycles. The van der Waals surface area contributed by atoms with Gasteiger partial charge in [-0.3, -0.25) is 0 Å². The molecule has 2 aromatic rings. The van der Waals surface area contributed by atoms with Crippen molar-refractivity contribution in [1.82, 2.24) is 15.3 Å². The maximum atomic E-state index is 4.50. The highest BCUT2D eigenvalue weighted by Gasteiger charge is 2.04. The van der Waals surface area contributed by atoms with E-state index in [-0.39, 0.29) is 0 Å². The van der Waals surface area contributed by atoms with Crippen LogP contribution in [0.1, 0.15) is 11.4 Å². The smallest absolute Gasteiger partial charge is 0.169 e. The standard InChI is InChI=1S/C11H13N3S/c1-8-6-9(7-12-2)14-11(13-8)10-4-3-5-15-10/h3-6,12H,7H2,1-2H3. The molecule has 15 heavy (non-hydrogen) atoms. The summed E-state index contributed by atoms with van der Waals surface area (Å²) in [5.74, 6) is 0.829. The molecule has 0 spiro atoms. The average molecular weight is 219 g/mol. The van der Waals surface area contributed by atoms with Gasteiger partial charge in [0.25, 0.3) is 0 Å². The predicted molar refractivity (Wildman–Crippen MR) is 62.8 cm³/mol. The van der Waals surface area contributed by atoms with Gasteiger partial charge >= 0.3 is 0 Å². The number of hydrogen-bond acceptors (Lipinski definition) is 4. The molecule has 1 N–H and O–H groups in total. The highest BCUT2D eigenvalue weighted by atomic mass is 32.1. The predicted octanol–water partition coefficient (Wildman–Crippen LogP) is 2.23. The third kappa shape index (κ3) is 2.40. The molecule has 78 valence electrons. The van der Waals surface area contributed by atoms with Crippen molar-refractivity contribution in [3.63, 3.8) is 0 Å². The van der Waals surface area contributed by atoms with Crippen molar-refractivity contribution in [3.8, 4) is 10.7 Å². The Labute approximate surface area is 93.2 Å². The molecule has 0 saturated heterocycles. The summed E-state index contributed by atoms with van der Waals surface area (Å²) in [6.07, 6.45) is 0. The molecule has 2 heterocycles. The van der Waals surface area contributed by atoms with Crippen LogP contribution in [0.2, 0.25) is 0 Å². The Balaban J connectivity index is 2.40. The van der Waals surface area contributed by atoms with Crippen LogP contribution >= 0.6 is 11.3 Å². The fraction of sp³-hybridized carbons (Fsp3) is 0.273. The molecule has 0 aromatic carbocycles. The summed E-state index contributed by atoms with van der Waals surface area (Å²) in [5.41, 5.74) is 2.05. The van der Waals surface area contributed by atoms with Gasteiger partial charge in [-0.05, 0) is 31.5 Å². The maximum absolute atomic E-state index is 4.50. The van der Waals surface area contributed by atoms with Crippen LogP contribution in [0, 0.1) is 6.92 Å². The molecule has 0 radical (unpaired) electrons. The van der Waals surface area contributed by atoms with E-state index in [0.29, 0.717) is 0 Å². The van der Waals surface area contributed by atoms with Gasteiger partial charge in [-0.2, -0.15) is 0 Å².